The fourth-order valence-electron chi connectivity index (χ4n) is 5.45. The number of rotatable bonds is 7. The number of amides is 1. The maximum absolute atomic E-state index is 11.9. The van der Waals surface area contributed by atoms with E-state index in [0.29, 0.717) is 5.92 Å². The zero-order valence-electron chi connectivity index (χ0n) is 18.5. The molecule has 0 bridgehead atoms. The van der Waals surface area contributed by atoms with Crippen molar-refractivity contribution in [3.05, 3.63) is 47.5 Å². The number of anilines is 2. The highest BCUT2D eigenvalue weighted by Gasteiger charge is 2.48. The minimum absolute atomic E-state index is 0.171. The van der Waals surface area contributed by atoms with Gasteiger partial charge < -0.3 is 19.7 Å². The summed E-state index contributed by atoms with van der Waals surface area (Å²) in [5.41, 5.74) is 4.97. The van der Waals surface area contributed by atoms with E-state index in [0.717, 1.165) is 88.8 Å². The number of hydrogen-bond acceptors (Lipinski definition) is 5. The molecule has 6 nitrogen and oxygen atoms in total. The molecule has 1 N–H and O–H groups in total. The molecule has 0 aromatic heterocycles. The van der Waals surface area contributed by atoms with E-state index in [9.17, 15) is 4.79 Å². The van der Waals surface area contributed by atoms with E-state index in [-0.39, 0.29) is 11.8 Å². The van der Waals surface area contributed by atoms with Gasteiger partial charge in [0.05, 0.1) is 13.2 Å². The van der Waals surface area contributed by atoms with Crippen molar-refractivity contribution < 1.29 is 14.3 Å². The van der Waals surface area contributed by atoms with Crippen LogP contribution in [0.15, 0.2) is 36.4 Å². The van der Waals surface area contributed by atoms with Crippen molar-refractivity contribution in [3.63, 3.8) is 0 Å². The summed E-state index contributed by atoms with van der Waals surface area (Å²) in [5, 5.41) is 3.03. The minimum atomic E-state index is 0.171. The van der Waals surface area contributed by atoms with Gasteiger partial charge >= 0.3 is 0 Å². The van der Waals surface area contributed by atoms with Crippen LogP contribution in [0.1, 0.15) is 36.3 Å². The number of carbonyl (C=O) groups is 1. The first-order chi connectivity index (χ1) is 15.8. The second-order valence-electron chi connectivity index (χ2n) is 9.42. The van der Waals surface area contributed by atoms with Crippen molar-refractivity contribution in [2.75, 3.05) is 56.2 Å². The molecule has 3 aliphatic heterocycles. The second-order valence-corrected chi connectivity index (χ2v) is 9.42. The topological polar surface area (TPSA) is 54.0 Å². The lowest BCUT2D eigenvalue weighted by Gasteiger charge is -2.36. The van der Waals surface area contributed by atoms with Gasteiger partial charge in [0.2, 0.25) is 5.91 Å². The van der Waals surface area contributed by atoms with E-state index in [1.807, 2.05) is 6.07 Å². The van der Waals surface area contributed by atoms with Crippen LogP contribution >= 0.6 is 0 Å². The Morgan fingerprint density at radius 2 is 1.97 bits per heavy atom. The van der Waals surface area contributed by atoms with Crippen molar-refractivity contribution in [1.82, 2.24) is 4.90 Å². The molecule has 2 atom stereocenters. The highest BCUT2D eigenvalue weighted by atomic mass is 16.5. The minimum Gasteiger partial charge on any atom is -0.494 e. The summed E-state index contributed by atoms with van der Waals surface area (Å²) in [7, 11) is 0. The zero-order valence-corrected chi connectivity index (χ0v) is 18.5. The standard InChI is InChI=1S/C26H31N3O3/c30-26-22-17-21(22)19-7-6-18(16-23(19)27-26)31-14-2-1-9-28-10-12-29(13-11-28)24-4-3-5-25-20(24)8-15-32-25/h3-7,16,21-22H,1-2,8-15,17H2,(H,27,30)/t21-,22-/m1/s1. The van der Waals surface area contributed by atoms with Gasteiger partial charge in [-0.3, -0.25) is 9.69 Å². The second kappa shape index (κ2) is 8.32. The fraction of sp³-hybridized carbons (Fsp3) is 0.500. The van der Waals surface area contributed by atoms with E-state index < -0.39 is 0 Å². The predicted octanol–water partition coefficient (Wildman–Crippen LogP) is 3.66. The number of carbonyl (C=O) groups excluding carboxylic acids is 1. The smallest absolute Gasteiger partial charge is 0.228 e. The molecule has 0 radical (unpaired) electrons. The maximum Gasteiger partial charge on any atom is 0.228 e. The number of piperazine rings is 1. The number of hydrogen-bond donors (Lipinski definition) is 1. The first-order valence-electron chi connectivity index (χ1n) is 12.1. The van der Waals surface area contributed by atoms with Crippen LogP contribution in [0.25, 0.3) is 0 Å². The number of nitrogens with zero attached hydrogens (tertiary/aromatic N) is 2. The molecule has 0 spiro atoms. The maximum atomic E-state index is 11.9. The third kappa shape index (κ3) is 3.81. The lowest BCUT2D eigenvalue weighted by Crippen LogP contribution is -2.46. The Morgan fingerprint density at radius 3 is 2.88 bits per heavy atom. The molecule has 1 amide bonds. The third-order valence-corrected chi connectivity index (χ3v) is 7.38. The molecule has 4 aliphatic rings. The van der Waals surface area contributed by atoms with Gasteiger partial charge in [0, 0.05) is 61.5 Å². The summed E-state index contributed by atoms with van der Waals surface area (Å²) in [6.07, 6.45) is 4.20. The van der Waals surface area contributed by atoms with Crippen molar-refractivity contribution in [1.29, 1.82) is 0 Å². The number of nitrogens with one attached hydrogen (secondary N) is 1. The first-order valence-corrected chi connectivity index (χ1v) is 12.1. The van der Waals surface area contributed by atoms with Crippen LogP contribution < -0.4 is 19.7 Å². The van der Waals surface area contributed by atoms with Gasteiger partial charge in [0.15, 0.2) is 0 Å². The average molecular weight is 434 g/mol. The van der Waals surface area contributed by atoms with Crippen LogP contribution in [0.5, 0.6) is 11.5 Å². The number of benzene rings is 2. The van der Waals surface area contributed by atoms with E-state index in [1.165, 1.54) is 16.8 Å². The molecule has 32 heavy (non-hydrogen) atoms. The normalized spacial score (nSPS) is 23.6. The van der Waals surface area contributed by atoms with Crippen molar-refractivity contribution in [3.8, 4) is 11.5 Å². The largest absolute Gasteiger partial charge is 0.494 e. The number of ether oxygens (including phenoxy) is 2. The Morgan fingerprint density at radius 1 is 1.06 bits per heavy atom. The molecule has 168 valence electrons. The van der Waals surface area contributed by atoms with Crippen molar-refractivity contribution in [2.45, 2.75) is 31.6 Å². The molecule has 2 fully saturated rings. The van der Waals surface area contributed by atoms with Crippen LogP contribution in [0, 0.1) is 5.92 Å². The molecule has 2 aromatic carbocycles. The summed E-state index contributed by atoms with van der Waals surface area (Å²) in [4.78, 5) is 17.0. The average Bonchev–Trinajstić information content (AvgIpc) is 3.49. The molecule has 1 aliphatic carbocycles. The number of fused-ring (bicyclic) bond motifs is 4. The van der Waals surface area contributed by atoms with Gasteiger partial charge in [0.25, 0.3) is 0 Å². The van der Waals surface area contributed by atoms with Gasteiger partial charge in [-0.15, -0.1) is 0 Å². The van der Waals surface area contributed by atoms with Crippen LogP contribution in [0.2, 0.25) is 0 Å². The molecule has 2 aromatic rings. The quantitative estimate of drug-likeness (QED) is 0.676. The molecular weight excluding hydrogens is 402 g/mol. The van der Waals surface area contributed by atoms with Gasteiger partial charge in [-0.2, -0.15) is 0 Å². The summed E-state index contributed by atoms with van der Waals surface area (Å²) < 4.78 is 11.7. The number of unbranched alkanes of at least 4 members (excludes halogenated alkanes) is 1. The predicted molar refractivity (Wildman–Crippen MR) is 125 cm³/mol. The Balaban J connectivity index is 0.927. The van der Waals surface area contributed by atoms with E-state index in [2.05, 4.69) is 45.4 Å². The van der Waals surface area contributed by atoms with Gasteiger partial charge in [0.1, 0.15) is 11.5 Å². The summed E-state index contributed by atoms with van der Waals surface area (Å²) in [6, 6.07) is 12.6. The Hall–Kier alpha value is -2.73. The summed E-state index contributed by atoms with van der Waals surface area (Å²) >= 11 is 0. The van der Waals surface area contributed by atoms with E-state index in [1.54, 1.807) is 0 Å². The van der Waals surface area contributed by atoms with Gasteiger partial charge in [-0.05, 0) is 55.5 Å². The Kier molecular flexibility index (Phi) is 5.18. The monoisotopic (exact) mass is 433 g/mol. The van der Waals surface area contributed by atoms with Crippen LogP contribution in [-0.2, 0) is 11.2 Å². The van der Waals surface area contributed by atoms with Crippen LogP contribution in [-0.4, -0.2) is 56.7 Å². The van der Waals surface area contributed by atoms with Crippen LogP contribution in [0.4, 0.5) is 11.4 Å². The molecule has 3 heterocycles. The van der Waals surface area contributed by atoms with Crippen molar-refractivity contribution in [2.24, 2.45) is 5.92 Å². The summed E-state index contributed by atoms with van der Waals surface area (Å²) in [6.45, 7) is 7.03. The highest BCUT2D eigenvalue weighted by molar-refractivity contribution is 5.99. The Labute approximate surface area is 189 Å². The molecule has 1 saturated carbocycles. The molecule has 6 heteroatoms. The third-order valence-electron chi connectivity index (χ3n) is 7.38. The van der Waals surface area contributed by atoms with E-state index in [4.69, 9.17) is 9.47 Å². The highest BCUT2D eigenvalue weighted by Crippen LogP contribution is 2.53. The Bertz CT molecular complexity index is 1020. The molecule has 1 saturated heterocycles. The summed E-state index contributed by atoms with van der Waals surface area (Å²) in [5.74, 6) is 2.74. The molecule has 0 unspecified atom stereocenters. The van der Waals surface area contributed by atoms with Crippen molar-refractivity contribution >= 4 is 17.3 Å². The van der Waals surface area contributed by atoms with Crippen LogP contribution in [0.3, 0.4) is 0 Å². The molecular formula is C26H31N3O3. The lowest BCUT2D eigenvalue weighted by molar-refractivity contribution is -0.117. The SMILES string of the molecule is O=C1Nc2cc(OCCCCN3CCN(c4cccc5c4CCO5)CC3)ccc2[C@H]2C[C@@H]12. The lowest BCUT2D eigenvalue weighted by atomic mass is 10.0. The van der Waals surface area contributed by atoms with Gasteiger partial charge in [-0.25, -0.2) is 0 Å². The first kappa shape index (κ1) is 19.9. The molecule has 6 rings (SSSR count). The fourth-order valence-corrected chi connectivity index (χ4v) is 5.45. The van der Waals surface area contributed by atoms with Gasteiger partial charge in [-0.1, -0.05) is 12.1 Å². The zero-order chi connectivity index (χ0) is 21.5. The van der Waals surface area contributed by atoms with E-state index >= 15 is 0 Å².